The van der Waals surface area contributed by atoms with E-state index in [2.05, 4.69) is 15.5 Å². The quantitative estimate of drug-likeness (QED) is 0.798. The van der Waals surface area contributed by atoms with E-state index < -0.39 is 11.2 Å². The molecule has 14 heavy (non-hydrogen) atoms. The molecule has 0 aromatic carbocycles. The van der Waals surface area contributed by atoms with Crippen molar-refractivity contribution in [2.24, 2.45) is 0 Å². The number of nitrogens with zero attached hydrogens (tertiary/aromatic N) is 2. The van der Waals surface area contributed by atoms with Gasteiger partial charge in [-0.15, -0.1) is 10.2 Å². The van der Waals surface area contributed by atoms with Gasteiger partial charge in [-0.3, -0.25) is 0 Å². The second-order valence-electron chi connectivity index (χ2n) is 3.79. The summed E-state index contributed by atoms with van der Waals surface area (Å²) in [5.74, 6) is 0. The fourth-order valence-electron chi connectivity index (χ4n) is 0.709. The van der Waals surface area contributed by atoms with Crippen LogP contribution in [0.5, 0.6) is 0 Å². The van der Waals surface area contributed by atoms with E-state index in [4.69, 9.17) is 0 Å². The summed E-state index contributed by atoms with van der Waals surface area (Å²) in [7, 11) is 0. The Morgan fingerprint density at radius 1 is 1.14 bits per heavy atom. The third kappa shape index (κ3) is 3.13. The first kappa shape index (κ1) is 11.2. The number of alkyl halides is 3. The summed E-state index contributed by atoms with van der Waals surface area (Å²) in [6.07, 6.45) is -4.41. The highest BCUT2D eigenvalue weighted by molar-refractivity contribution is 7.15. The number of nitrogens with one attached hydrogen (secondary N) is 1. The molecule has 80 valence electrons. The number of hydrogen-bond donors (Lipinski definition) is 1. The van der Waals surface area contributed by atoms with Crippen molar-refractivity contribution in [1.29, 1.82) is 0 Å². The summed E-state index contributed by atoms with van der Waals surface area (Å²) in [6.45, 7) is 5.50. The van der Waals surface area contributed by atoms with Crippen LogP contribution in [0.15, 0.2) is 0 Å². The minimum atomic E-state index is -4.41. The Balaban J connectivity index is 2.79. The molecule has 0 aliphatic carbocycles. The molecule has 0 saturated heterocycles. The molecule has 0 unspecified atom stereocenters. The molecule has 1 aromatic heterocycles. The molecule has 0 fully saturated rings. The van der Waals surface area contributed by atoms with Gasteiger partial charge in [0.1, 0.15) is 0 Å². The van der Waals surface area contributed by atoms with Crippen molar-refractivity contribution in [1.82, 2.24) is 10.2 Å². The molecule has 1 rings (SSSR count). The van der Waals surface area contributed by atoms with Gasteiger partial charge in [0.25, 0.3) is 0 Å². The van der Waals surface area contributed by atoms with Crippen LogP contribution in [0.25, 0.3) is 0 Å². The Morgan fingerprint density at radius 2 is 1.71 bits per heavy atom. The smallest absolute Gasteiger partial charge is 0.355 e. The first-order valence-electron chi connectivity index (χ1n) is 3.87. The molecular formula is C7H10F3N3S. The highest BCUT2D eigenvalue weighted by Crippen LogP contribution is 2.33. The van der Waals surface area contributed by atoms with Crippen LogP contribution < -0.4 is 5.32 Å². The molecule has 1 heterocycles. The molecule has 0 bridgehead atoms. The minimum absolute atomic E-state index is 0.185. The van der Waals surface area contributed by atoms with Crippen LogP contribution >= 0.6 is 11.3 Å². The van der Waals surface area contributed by atoms with Gasteiger partial charge in [0.2, 0.25) is 10.1 Å². The molecule has 0 spiro atoms. The van der Waals surface area contributed by atoms with E-state index >= 15 is 0 Å². The van der Waals surface area contributed by atoms with Gasteiger partial charge in [0.15, 0.2) is 0 Å². The van der Waals surface area contributed by atoms with E-state index in [0.717, 1.165) is 0 Å². The number of rotatable bonds is 1. The van der Waals surface area contributed by atoms with Crippen LogP contribution in [-0.4, -0.2) is 15.7 Å². The van der Waals surface area contributed by atoms with Crippen LogP contribution in [0.4, 0.5) is 18.3 Å². The normalized spacial score (nSPS) is 13.0. The lowest BCUT2D eigenvalue weighted by molar-refractivity contribution is -0.138. The third-order valence-electron chi connectivity index (χ3n) is 1.15. The van der Waals surface area contributed by atoms with Crippen LogP contribution in [0.2, 0.25) is 0 Å². The monoisotopic (exact) mass is 225 g/mol. The summed E-state index contributed by atoms with van der Waals surface area (Å²) < 4.78 is 36.3. The molecule has 0 atom stereocenters. The largest absolute Gasteiger partial charge is 0.445 e. The molecule has 3 nitrogen and oxygen atoms in total. The zero-order valence-corrected chi connectivity index (χ0v) is 8.75. The van der Waals surface area contributed by atoms with Crippen molar-refractivity contribution in [2.75, 3.05) is 5.32 Å². The fourth-order valence-corrected chi connectivity index (χ4v) is 1.53. The maximum Gasteiger partial charge on any atom is 0.445 e. The van der Waals surface area contributed by atoms with Crippen molar-refractivity contribution in [3.63, 3.8) is 0 Å². The summed E-state index contributed by atoms with van der Waals surface area (Å²) in [6, 6.07) is 0. The molecule has 1 aromatic rings. The molecule has 0 aliphatic rings. The second-order valence-corrected chi connectivity index (χ2v) is 4.76. The van der Waals surface area contributed by atoms with Crippen LogP contribution in [-0.2, 0) is 6.18 Å². The Kier molecular flexibility index (Phi) is 2.71. The van der Waals surface area contributed by atoms with Gasteiger partial charge in [-0.25, -0.2) is 0 Å². The van der Waals surface area contributed by atoms with Crippen molar-refractivity contribution in [2.45, 2.75) is 32.5 Å². The van der Waals surface area contributed by atoms with Gasteiger partial charge < -0.3 is 5.32 Å². The van der Waals surface area contributed by atoms with Gasteiger partial charge in [-0.05, 0) is 20.8 Å². The van der Waals surface area contributed by atoms with E-state index in [1.807, 2.05) is 20.8 Å². The van der Waals surface area contributed by atoms with Crippen LogP contribution in [0.1, 0.15) is 25.8 Å². The summed E-state index contributed by atoms with van der Waals surface area (Å²) in [5, 5.41) is 8.53. The average molecular weight is 225 g/mol. The standard InChI is InChI=1S/C7H10F3N3S/c1-6(2,3)11-5-13-12-4(14-5)7(8,9)10/h1-3H3,(H,11,13). The van der Waals surface area contributed by atoms with Gasteiger partial charge >= 0.3 is 6.18 Å². The molecular weight excluding hydrogens is 215 g/mol. The number of anilines is 1. The summed E-state index contributed by atoms with van der Waals surface area (Å²) in [4.78, 5) is 0. The number of aromatic nitrogens is 2. The van der Waals surface area contributed by atoms with E-state index in [-0.39, 0.29) is 10.7 Å². The van der Waals surface area contributed by atoms with Crippen molar-refractivity contribution in [3.05, 3.63) is 5.01 Å². The molecule has 0 amide bonds. The van der Waals surface area contributed by atoms with Gasteiger partial charge in [-0.2, -0.15) is 13.2 Å². The lowest BCUT2D eigenvalue weighted by Crippen LogP contribution is -2.25. The lowest BCUT2D eigenvalue weighted by atomic mass is 10.1. The first-order chi connectivity index (χ1) is 6.18. The topological polar surface area (TPSA) is 37.8 Å². The predicted molar refractivity (Wildman–Crippen MR) is 48.3 cm³/mol. The molecule has 0 radical (unpaired) electrons. The SMILES string of the molecule is CC(C)(C)Nc1nnc(C(F)(F)F)s1. The average Bonchev–Trinajstić information content (AvgIpc) is 2.29. The first-order valence-corrected chi connectivity index (χ1v) is 4.69. The van der Waals surface area contributed by atoms with Crippen molar-refractivity contribution in [3.8, 4) is 0 Å². The van der Waals surface area contributed by atoms with Gasteiger partial charge in [-0.1, -0.05) is 11.3 Å². The van der Waals surface area contributed by atoms with Crippen LogP contribution in [0.3, 0.4) is 0 Å². The fraction of sp³-hybridized carbons (Fsp3) is 0.714. The zero-order chi connectivity index (χ0) is 11.0. The molecule has 0 saturated carbocycles. The van der Waals surface area contributed by atoms with E-state index in [1.165, 1.54) is 0 Å². The molecule has 0 aliphatic heterocycles. The Hall–Kier alpha value is -0.850. The summed E-state index contributed by atoms with van der Waals surface area (Å²) >= 11 is 0.508. The van der Waals surface area contributed by atoms with Crippen molar-refractivity contribution < 1.29 is 13.2 Å². The minimum Gasteiger partial charge on any atom is -0.355 e. The highest BCUT2D eigenvalue weighted by Gasteiger charge is 2.35. The zero-order valence-electron chi connectivity index (χ0n) is 7.94. The lowest BCUT2D eigenvalue weighted by Gasteiger charge is -2.18. The number of halogens is 3. The predicted octanol–water partition coefficient (Wildman–Crippen LogP) is 2.77. The maximum atomic E-state index is 12.1. The maximum absolute atomic E-state index is 12.1. The molecule has 7 heteroatoms. The highest BCUT2D eigenvalue weighted by atomic mass is 32.1. The van der Waals surface area contributed by atoms with E-state index in [9.17, 15) is 13.2 Å². The summed E-state index contributed by atoms with van der Waals surface area (Å²) in [5.41, 5.74) is -0.317. The van der Waals surface area contributed by atoms with Gasteiger partial charge in [0, 0.05) is 5.54 Å². The number of hydrogen-bond acceptors (Lipinski definition) is 4. The van der Waals surface area contributed by atoms with Crippen molar-refractivity contribution >= 4 is 16.5 Å². The second kappa shape index (κ2) is 3.38. The van der Waals surface area contributed by atoms with Gasteiger partial charge in [0.05, 0.1) is 0 Å². The van der Waals surface area contributed by atoms with E-state index in [1.54, 1.807) is 0 Å². The van der Waals surface area contributed by atoms with Crippen LogP contribution in [0, 0.1) is 0 Å². The third-order valence-corrected chi connectivity index (χ3v) is 2.03. The van der Waals surface area contributed by atoms with E-state index in [0.29, 0.717) is 11.3 Å². The Morgan fingerprint density at radius 3 is 2.07 bits per heavy atom. The Bertz CT molecular complexity index is 313. The molecule has 1 N–H and O–H groups in total. The Labute approximate surface area is 83.4 Å².